The number of hydrogen-bond donors (Lipinski definition) is 12. The van der Waals surface area contributed by atoms with Gasteiger partial charge in [-0.3, -0.25) is 4.79 Å². The molecular weight excluding hydrogens is 1250 g/mol. The van der Waals surface area contributed by atoms with Crippen LogP contribution in [0.1, 0.15) is 328 Å². The smallest absolute Gasteiger partial charge is 0.220 e. The second kappa shape index (κ2) is 60.3. The topological polar surface area (TPSA) is 307 Å². The molecule has 0 radical (unpaired) electrons. The average molecular weight is 1400 g/mol. The number of rotatable bonds is 64. The molecule has 98 heavy (non-hydrogen) atoms. The molecule has 12 N–H and O–H groups in total. The molecule has 3 heterocycles. The van der Waals surface area contributed by atoms with Crippen molar-refractivity contribution in [3.05, 3.63) is 36.5 Å². The third kappa shape index (κ3) is 40.3. The molecular formula is C79H147NO18. The van der Waals surface area contributed by atoms with Crippen LogP contribution < -0.4 is 5.32 Å². The van der Waals surface area contributed by atoms with Gasteiger partial charge >= 0.3 is 0 Å². The molecule has 19 heteroatoms. The Balaban J connectivity index is 1.38. The molecule has 3 aliphatic rings. The summed E-state index contributed by atoms with van der Waals surface area (Å²) in [7, 11) is 0. The van der Waals surface area contributed by atoms with Gasteiger partial charge in [0.1, 0.15) is 73.2 Å². The molecule has 0 aromatic carbocycles. The zero-order valence-corrected chi connectivity index (χ0v) is 61.5. The molecule has 0 aromatic heterocycles. The van der Waals surface area contributed by atoms with Crippen LogP contribution in [0.4, 0.5) is 0 Å². The lowest BCUT2D eigenvalue weighted by Gasteiger charge is -2.48. The van der Waals surface area contributed by atoms with Gasteiger partial charge in [0.15, 0.2) is 18.9 Å². The van der Waals surface area contributed by atoms with Crippen molar-refractivity contribution >= 4 is 5.91 Å². The first-order valence-electron chi connectivity index (χ1n) is 40.2. The summed E-state index contributed by atoms with van der Waals surface area (Å²) >= 11 is 0. The van der Waals surface area contributed by atoms with Crippen molar-refractivity contribution in [2.24, 2.45) is 0 Å². The number of nitrogens with one attached hydrogen (secondary N) is 1. The highest BCUT2D eigenvalue weighted by Gasteiger charge is 2.54. The third-order valence-electron chi connectivity index (χ3n) is 20.2. The Labute approximate surface area is 593 Å². The fourth-order valence-electron chi connectivity index (χ4n) is 13.7. The van der Waals surface area contributed by atoms with E-state index in [0.717, 1.165) is 64.2 Å². The summed E-state index contributed by atoms with van der Waals surface area (Å²) < 4.78 is 34.5. The Morgan fingerprint density at radius 3 is 1.05 bits per heavy atom. The van der Waals surface area contributed by atoms with E-state index in [1.54, 1.807) is 0 Å². The molecule has 19 nitrogen and oxygen atoms in total. The Kier molecular flexibility index (Phi) is 55.5. The summed E-state index contributed by atoms with van der Waals surface area (Å²) in [5.74, 6) is -0.243. The summed E-state index contributed by atoms with van der Waals surface area (Å²) in [4.78, 5) is 13.5. The average Bonchev–Trinajstić information content (AvgIpc) is 0.784. The van der Waals surface area contributed by atoms with E-state index < -0.39 is 124 Å². The number of unbranched alkanes of at least 4 members (excludes halogenated alkanes) is 42. The highest BCUT2D eigenvalue weighted by atomic mass is 16.8. The maximum absolute atomic E-state index is 13.5. The molecule has 0 aromatic rings. The molecule has 0 saturated carbocycles. The number of ether oxygens (including phenoxy) is 6. The first kappa shape index (κ1) is 90.2. The second-order valence-electron chi connectivity index (χ2n) is 28.9. The molecule has 0 bridgehead atoms. The number of carbonyl (C=O) groups is 1. The van der Waals surface area contributed by atoms with Gasteiger partial charge in [0.25, 0.3) is 0 Å². The third-order valence-corrected chi connectivity index (χ3v) is 20.2. The van der Waals surface area contributed by atoms with Gasteiger partial charge in [0.2, 0.25) is 5.91 Å². The number of aliphatic hydroxyl groups is 11. The van der Waals surface area contributed by atoms with Gasteiger partial charge in [-0.25, -0.2) is 0 Å². The molecule has 17 atom stereocenters. The lowest BCUT2D eigenvalue weighted by molar-refractivity contribution is -0.379. The quantitative estimate of drug-likeness (QED) is 0.0199. The Morgan fingerprint density at radius 2 is 0.673 bits per heavy atom. The molecule has 3 aliphatic heterocycles. The maximum atomic E-state index is 13.5. The van der Waals surface area contributed by atoms with Crippen LogP contribution in [0.15, 0.2) is 36.5 Å². The summed E-state index contributed by atoms with van der Waals surface area (Å²) in [5.41, 5.74) is 0. The maximum Gasteiger partial charge on any atom is 0.220 e. The van der Waals surface area contributed by atoms with Gasteiger partial charge in [-0.15, -0.1) is 0 Å². The second-order valence-corrected chi connectivity index (χ2v) is 28.9. The van der Waals surface area contributed by atoms with Crippen LogP contribution in [-0.4, -0.2) is 193 Å². The van der Waals surface area contributed by atoms with Gasteiger partial charge in [0, 0.05) is 6.42 Å². The molecule has 3 saturated heterocycles. The molecule has 576 valence electrons. The van der Waals surface area contributed by atoms with Crippen molar-refractivity contribution < 1.29 is 89.4 Å². The first-order valence-corrected chi connectivity index (χ1v) is 40.2. The van der Waals surface area contributed by atoms with Crippen molar-refractivity contribution in [2.45, 2.75) is 433 Å². The highest BCUT2D eigenvalue weighted by Crippen LogP contribution is 2.33. The van der Waals surface area contributed by atoms with E-state index in [-0.39, 0.29) is 18.9 Å². The van der Waals surface area contributed by atoms with E-state index in [1.807, 2.05) is 0 Å². The highest BCUT2D eigenvalue weighted by molar-refractivity contribution is 5.76. The molecule has 3 fully saturated rings. The predicted octanol–water partition coefficient (Wildman–Crippen LogP) is 13.1. The molecule has 0 spiro atoms. The van der Waals surface area contributed by atoms with Crippen LogP contribution in [0.3, 0.4) is 0 Å². The van der Waals surface area contributed by atoms with E-state index >= 15 is 0 Å². The van der Waals surface area contributed by atoms with E-state index in [0.29, 0.717) is 12.8 Å². The molecule has 3 rings (SSSR count). The predicted molar refractivity (Wildman–Crippen MR) is 388 cm³/mol. The van der Waals surface area contributed by atoms with Crippen LogP contribution in [0.5, 0.6) is 0 Å². The summed E-state index contributed by atoms with van der Waals surface area (Å²) in [6.45, 7) is 1.83. The van der Waals surface area contributed by atoms with Crippen molar-refractivity contribution in [1.29, 1.82) is 0 Å². The number of carbonyl (C=O) groups excluding carboxylic acids is 1. The van der Waals surface area contributed by atoms with Gasteiger partial charge in [-0.05, 0) is 51.4 Å². The Bertz CT molecular complexity index is 1910. The zero-order valence-electron chi connectivity index (χ0n) is 61.5. The minimum atomic E-state index is -1.97. The molecule has 0 aliphatic carbocycles. The van der Waals surface area contributed by atoms with Gasteiger partial charge in [-0.1, -0.05) is 307 Å². The summed E-state index contributed by atoms with van der Waals surface area (Å²) in [6, 6.07) is -0.892. The Hall–Kier alpha value is -1.99. The van der Waals surface area contributed by atoms with E-state index in [2.05, 4.69) is 55.6 Å². The van der Waals surface area contributed by atoms with Crippen molar-refractivity contribution in [1.82, 2.24) is 5.32 Å². The fraction of sp³-hybridized carbons (Fsp3) is 0.911. The normalized spacial score (nSPS) is 26.9. The lowest BCUT2D eigenvalue weighted by atomic mass is 9.96. The van der Waals surface area contributed by atoms with Gasteiger partial charge in [-0.2, -0.15) is 0 Å². The van der Waals surface area contributed by atoms with Crippen LogP contribution in [0.2, 0.25) is 0 Å². The van der Waals surface area contributed by atoms with Crippen LogP contribution in [0.25, 0.3) is 0 Å². The first-order chi connectivity index (χ1) is 47.8. The SMILES string of the molecule is CCCCCCC/C=C\C/C=C\C/C=C\CCCCCCCCCCCCC(=O)NC(COC1OC(CO)C(OC2OC(CO)C(OC3OC(CO)C(O)C(O)C3O)C(O)C2O)C(O)C1O)C(O)CCCCCCCCCCCCCCCCCCCCCCCCCCCCCC. The van der Waals surface area contributed by atoms with Crippen LogP contribution >= 0.6 is 0 Å². The van der Waals surface area contributed by atoms with Crippen molar-refractivity contribution in [3.8, 4) is 0 Å². The molecule has 1 amide bonds. The van der Waals surface area contributed by atoms with Crippen LogP contribution in [-0.2, 0) is 33.2 Å². The largest absolute Gasteiger partial charge is 0.394 e. The fourth-order valence-corrected chi connectivity index (χ4v) is 13.7. The standard InChI is InChI=1S/C79H147NO18/c1-3-5-7-9-11-13-15-17-19-21-23-25-27-29-30-31-33-34-36-38-40-42-44-46-48-50-52-54-56-63(84)62(80-67(85)57-55-53-51-49-47-45-43-41-39-37-35-32-28-26-24-22-20-18-16-14-12-10-8-6-4-2)61-93-77-73(91)70(88)75(65(59-82)95-77)98-79-74(92)71(89)76(66(60-83)96-79)97-78-72(90)69(87)68(86)64(58-81)94-78/h16,18,22,24,28,32,62-66,68-79,81-84,86-92H,3-15,17,19-21,23,25-27,29-31,33-61H2,1-2H3,(H,80,85)/b18-16-,24-22-,32-28-. The summed E-state index contributed by atoms with van der Waals surface area (Å²) in [6.07, 6.45) is 46.5. The monoisotopic (exact) mass is 1400 g/mol. The zero-order chi connectivity index (χ0) is 71.1. The van der Waals surface area contributed by atoms with E-state index in [9.17, 15) is 61.0 Å². The van der Waals surface area contributed by atoms with Crippen LogP contribution in [0, 0.1) is 0 Å². The number of aliphatic hydroxyl groups excluding tert-OH is 11. The van der Waals surface area contributed by atoms with Gasteiger partial charge in [0.05, 0.1) is 38.6 Å². The van der Waals surface area contributed by atoms with E-state index in [4.69, 9.17) is 28.4 Å². The number of allylic oxidation sites excluding steroid dienone is 6. The lowest BCUT2D eigenvalue weighted by Crippen LogP contribution is -2.66. The Morgan fingerprint density at radius 1 is 0.367 bits per heavy atom. The number of hydrogen-bond acceptors (Lipinski definition) is 18. The summed E-state index contributed by atoms with van der Waals surface area (Å²) in [5, 5.41) is 121. The van der Waals surface area contributed by atoms with Gasteiger partial charge < -0.3 is 89.9 Å². The number of amides is 1. The minimum absolute atomic E-state index is 0.243. The van der Waals surface area contributed by atoms with Crippen molar-refractivity contribution in [2.75, 3.05) is 26.4 Å². The molecule has 17 unspecified atom stereocenters. The minimum Gasteiger partial charge on any atom is -0.394 e. The van der Waals surface area contributed by atoms with Crippen molar-refractivity contribution in [3.63, 3.8) is 0 Å². The van der Waals surface area contributed by atoms with E-state index in [1.165, 1.54) is 231 Å².